The number of imidazole rings is 1. The van der Waals surface area contributed by atoms with E-state index < -0.39 is 23.7 Å². The Morgan fingerprint density at radius 3 is 2.77 bits per heavy atom. The molecule has 0 saturated carbocycles. The van der Waals surface area contributed by atoms with Crippen molar-refractivity contribution >= 4 is 28.7 Å². The Bertz CT molecular complexity index is 1440. The Kier molecular flexibility index (Phi) is 6.93. The van der Waals surface area contributed by atoms with Gasteiger partial charge in [0.1, 0.15) is 12.3 Å². The number of anilines is 2. The second-order valence-corrected chi connectivity index (χ2v) is 8.43. The summed E-state index contributed by atoms with van der Waals surface area (Å²) >= 11 is 0. The fourth-order valence-electron chi connectivity index (χ4n) is 4.32. The van der Waals surface area contributed by atoms with E-state index in [4.69, 9.17) is 10.5 Å². The van der Waals surface area contributed by atoms with Crippen LogP contribution in [0.1, 0.15) is 19.8 Å². The average molecular weight is 480 g/mol. The number of methoxy groups -OCH3 is 1. The number of piperidine rings is 1. The number of aromatic nitrogens is 4. The molecule has 0 aliphatic carbocycles. The number of hydrogen-bond donors (Lipinski definition) is 2. The van der Waals surface area contributed by atoms with Crippen LogP contribution in [-0.2, 0) is 24.9 Å². The van der Waals surface area contributed by atoms with Gasteiger partial charge in [0.15, 0.2) is 11.2 Å². The molecule has 0 spiro atoms. The van der Waals surface area contributed by atoms with Gasteiger partial charge in [0.2, 0.25) is 11.9 Å². The summed E-state index contributed by atoms with van der Waals surface area (Å²) in [7, 11) is 3.03. The maximum atomic E-state index is 13.5. The second kappa shape index (κ2) is 10.1. The van der Waals surface area contributed by atoms with Crippen molar-refractivity contribution in [2.24, 2.45) is 12.8 Å². The zero-order valence-electron chi connectivity index (χ0n) is 20.1. The Morgan fingerprint density at radius 2 is 2.06 bits per heavy atom. The summed E-state index contributed by atoms with van der Waals surface area (Å²) in [4.78, 5) is 46.1. The van der Waals surface area contributed by atoms with E-state index in [9.17, 15) is 14.4 Å². The van der Waals surface area contributed by atoms with Crippen molar-refractivity contribution in [3.05, 3.63) is 45.1 Å². The molecule has 0 bridgehead atoms. The summed E-state index contributed by atoms with van der Waals surface area (Å²) < 4.78 is 9.16. The molecule has 2 aromatic heterocycles. The quantitative estimate of drug-likeness (QED) is 0.493. The molecule has 3 aromatic rings. The predicted molar refractivity (Wildman–Crippen MR) is 134 cm³/mol. The number of nitrogens with two attached hydrogens (primary N) is 1. The van der Waals surface area contributed by atoms with Gasteiger partial charge in [0.25, 0.3) is 5.56 Å². The zero-order chi connectivity index (χ0) is 25.1. The zero-order valence-corrected chi connectivity index (χ0v) is 20.1. The van der Waals surface area contributed by atoms with Gasteiger partial charge < -0.3 is 20.7 Å². The molecule has 1 aliphatic heterocycles. The van der Waals surface area contributed by atoms with Crippen molar-refractivity contribution in [1.29, 1.82) is 0 Å². The lowest BCUT2D eigenvalue weighted by Crippen LogP contribution is -2.44. The summed E-state index contributed by atoms with van der Waals surface area (Å²) in [6.45, 7) is 2.79. The monoisotopic (exact) mass is 479 g/mol. The molecule has 0 radical (unpaired) electrons. The molecule has 11 nitrogen and oxygen atoms in total. The standard InChI is InChI=1S/C24H29N7O4/c1-4-5-13-30-20-21(27-23(30)29-12-8-9-16(25)14-29)28(2)24(34)31(22(20)33)15-19(32)26-17-10-6-7-11-18(17)35-3/h6-7,10-11,16H,8-9,12-15,25H2,1-3H3,(H,26,32). The summed E-state index contributed by atoms with van der Waals surface area (Å²) in [6.07, 6.45) is 1.81. The van der Waals surface area contributed by atoms with Gasteiger partial charge in [-0.05, 0) is 31.9 Å². The molecule has 1 fully saturated rings. The van der Waals surface area contributed by atoms with E-state index in [1.165, 1.54) is 18.7 Å². The van der Waals surface area contributed by atoms with Gasteiger partial charge in [-0.2, -0.15) is 4.98 Å². The lowest BCUT2D eigenvalue weighted by molar-refractivity contribution is -0.116. The van der Waals surface area contributed by atoms with Crippen LogP contribution in [0.2, 0.25) is 0 Å². The number of aryl methyl sites for hydroxylation is 1. The minimum atomic E-state index is -0.634. The fraction of sp³-hybridized carbons (Fsp3) is 0.417. The van der Waals surface area contributed by atoms with E-state index in [-0.39, 0.29) is 23.8 Å². The maximum absolute atomic E-state index is 13.5. The van der Waals surface area contributed by atoms with Gasteiger partial charge in [-0.15, -0.1) is 5.92 Å². The van der Waals surface area contributed by atoms with Crippen molar-refractivity contribution in [2.45, 2.75) is 38.9 Å². The van der Waals surface area contributed by atoms with Crippen LogP contribution in [0.25, 0.3) is 11.2 Å². The lowest BCUT2D eigenvalue weighted by Gasteiger charge is -2.31. The van der Waals surface area contributed by atoms with Crippen molar-refractivity contribution in [1.82, 2.24) is 18.7 Å². The summed E-state index contributed by atoms with van der Waals surface area (Å²) in [5.41, 5.74) is 5.84. The van der Waals surface area contributed by atoms with Crippen molar-refractivity contribution in [3.8, 4) is 17.6 Å². The Hall–Kier alpha value is -4.04. The molecular formula is C24H29N7O4. The number of ether oxygens (including phenoxy) is 1. The van der Waals surface area contributed by atoms with Crippen LogP contribution in [-0.4, -0.2) is 50.8 Å². The molecule has 11 heteroatoms. The largest absolute Gasteiger partial charge is 0.495 e. The molecule has 3 N–H and O–H groups in total. The molecule has 1 aromatic carbocycles. The van der Waals surface area contributed by atoms with Crippen LogP contribution in [0.4, 0.5) is 11.6 Å². The van der Waals surface area contributed by atoms with Crippen LogP contribution in [0, 0.1) is 11.8 Å². The number of carbonyl (C=O) groups is 1. The Labute approximate surface area is 202 Å². The van der Waals surface area contributed by atoms with Gasteiger partial charge in [0, 0.05) is 26.2 Å². The third kappa shape index (κ3) is 4.65. The first kappa shape index (κ1) is 24.1. The predicted octanol–water partition coefficient (Wildman–Crippen LogP) is 0.495. The molecule has 184 valence electrons. The molecule has 4 rings (SSSR count). The number of benzene rings is 1. The van der Waals surface area contributed by atoms with Crippen LogP contribution in [0.5, 0.6) is 5.75 Å². The highest BCUT2D eigenvalue weighted by molar-refractivity contribution is 5.92. The number of carbonyl (C=O) groups excluding carboxylic acids is 1. The van der Waals surface area contributed by atoms with Crippen molar-refractivity contribution in [3.63, 3.8) is 0 Å². The van der Waals surface area contributed by atoms with Gasteiger partial charge in [-0.1, -0.05) is 18.1 Å². The van der Waals surface area contributed by atoms with Crippen LogP contribution < -0.4 is 31.9 Å². The van der Waals surface area contributed by atoms with E-state index in [1.807, 2.05) is 4.90 Å². The highest BCUT2D eigenvalue weighted by atomic mass is 16.5. The van der Waals surface area contributed by atoms with Crippen molar-refractivity contribution in [2.75, 3.05) is 30.4 Å². The molecule has 1 unspecified atom stereocenters. The SMILES string of the molecule is CC#CCn1c(N2CCCC(N)C2)nc2c1c(=O)n(CC(=O)Nc1ccccc1OC)c(=O)n2C. The highest BCUT2D eigenvalue weighted by Crippen LogP contribution is 2.24. The number of nitrogens with zero attached hydrogens (tertiary/aromatic N) is 5. The topological polar surface area (TPSA) is 129 Å². The second-order valence-electron chi connectivity index (χ2n) is 8.43. The van der Waals surface area contributed by atoms with E-state index in [0.29, 0.717) is 23.9 Å². The van der Waals surface area contributed by atoms with Crippen LogP contribution >= 0.6 is 0 Å². The van der Waals surface area contributed by atoms with Gasteiger partial charge in [-0.3, -0.25) is 18.7 Å². The van der Waals surface area contributed by atoms with Crippen LogP contribution in [0.3, 0.4) is 0 Å². The number of nitrogens with one attached hydrogen (secondary N) is 1. The first-order valence-corrected chi connectivity index (χ1v) is 11.4. The number of fused-ring (bicyclic) bond motifs is 1. The molecule has 1 aliphatic rings. The smallest absolute Gasteiger partial charge is 0.332 e. The summed E-state index contributed by atoms with van der Waals surface area (Å²) in [6, 6.07) is 6.89. The van der Waals surface area contributed by atoms with Gasteiger partial charge in [-0.25, -0.2) is 9.36 Å². The summed E-state index contributed by atoms with van der Waals surface area (Å²) in [5, 5.41) is 2.70. The van der Waals surface area contributed by atoms with E-state index in [1.54, 1.807) is 35.8 Å². The molecule has 1 saturated heterocycles. The first-order valence-electron chi connectivity index (χ1n) is 11.4. The van der Waals surface area contributed by atoms with Gasteiger partial charge in [0.05, 0.1) is 19.3 Å². The number of amides is 1. The van der Waals surface area contributed by atoms with E-state index in [0.717, 1.165) is 24.0 Å². The average Bonchev–Trinajstić information content (AvgIpc) is 3.24. The van der Waals surface area contributed by atoms with E-state index in [2.05, 4.69) is 22.1 Å². The summed E-state index contributed by atoms with van der Waals surface area (Å²) in [5.74, 6) is 6.31. The number of rotatable bonds is 6. The van der Waals surface area contributed by atoms with Gasteiger partial charge >= 0.3 is 5.69 Å². The minimum absolute atomic E-state index is 0.00609. The lowest BCUT2D eigenvalue weighted by atomic mass is 10.1. The number of hydrogen-bond acceptors (Lipinski definition) is 7. The third-order valence-corrected chi connectivity index (χ3v) is 6.05. The number of para-hydroxylation sites is 2. The molecular weight excluding hydrogens is 450 g/mol. The van der Waals surface area contributed by atoms with Crippen LogP contribution in [0.15, 0.2) is 33.9 Å². The third-order valence-electron chi connectivity index (χ3n) is 6.05. The molecule has 1 amide bonds. The first-order chi connectivity index (χ1) is 16.8. The minimum Gasteiger partial charge on any atom is -0.495 e. The maximum Gasteiger partial charge on any atom is 0.332 e. The Morgan fingerprint density at radius 1 is 1.29 bits per heavy atom. The van der Waals surface area contributed by atoms with E-state index >= 15 is 0 Å². The highest BCUT2D eigenvalue weighted by Gasteiger charge is 2.26. The van der Waals surface area contributed by atoms with Crippen molar-refractivity contribution < 1.29 is 9.53 Å². The molecule has 3 heterocycles. The normalized spacial score (nSPS) is 15.5. The molecule has 35 heavy (non-hydrogen) atoms. The molecule has 1 atom stereocenters. The fourth-order valence-corrected chi connectivity index (χ4v) is 4.32. The Balaban J connectivity index is 1.79.